The van der Waals surface area contributed by atoms with Crippen LogP contribution in [0.5, 0.6) is 0 Å². The SMILES string of the molecule is CN1CCN(Cc2cccc(NC(=O)O)c2)CC1. The van der Waals surface area contributed by atoms with Gasteiger partial charge in [-0.3, -0.25) is 10.2 Å². The van der Waals surface area contributed by atoms with E-state index in [1.807, 2.05) is 18.2 Å². The van der Waals surface area contributed by atoms with E-state index >= 15 is 0 Å². The number of hydrogen-bond acceptors (Lipinski definition) is 3. The Kier molecular flexibility index (Phi) is 4.17. The summed E-state index contributed by atoms with van der Waals surface area (Å²) in [5.74, 6) is 0. The van der Waals surface area contributed by atoms with Crippen molar-refractivity contribution in [2.45, 2.75) is 6.54 Å². The summed E-state index contributed by atoms with van der Waals surface area (Å²) in [5, 5.41) is 11.1. The first-order valence-corrected chi connectivity index (χ1v) is 6.13. The Bertz CT molecular complexity index is 414. The van der Waals surface area contributed by atoms with Gasteiger partial charge >= 0.3 is 6.09 Å². The van der Waals surface area contributed by atoms with Crippen molar-refractivity contribution in [3.05, 3.63) is 29.8 Å². The van der Waals surface area contributed by atoms with Crippen molar-refractivity contribution in [3.8, 4) is 0 Å². The molecule has 1 saturated heterocycles. The van der Waals surface area contributed by atoms with E-state index in [2.05, 4.69) is 22.2 Å². The van der Waals surface area contributed by atoms with Gasteiger partial charge in [-0.2, -0.15) is 0 Å². The molecule has 0 saturated carbocycles. The molecule has 5 nitrogen and oxygen atoms in total. The number of carbonyl (C=O) groups is 1. The number of benzene rings is 1. The quantitative estimate of drug-likeness (QED) is 0.853. The van der Waals surface area contributed by atoms with E-state index in [1.165, 1.54) is 0 Å². The van der Waals surface area contributed by atoms with E-state index in [1.54, 1.807) is 6.07 Å². The zero-order chi connectivity index (χ0) is 13.0. The molecule has 1 aromatic rings. The van der Waals surface area contributed by atoms with Crippen LogP contribution in [0.4, 0.5) is 10.5 Å². The number of rotatable bonds is 3. The molecule has 18 heavy (non-hydrogen) atoms. The van der Waals surface area contributed by atoms with Crippen LogP contribution in [0.3, 0.4) is 0 Å². The predicted molar refractivity (Wildman–Crippen MR) is 70.9 cm³/mol. The number of likely N-dealkylation sites (N-methyl/N-ethyl adjacent to an activating group) is 1. The molecule has 0 aliphatic carbocycles. The predicted octanol–water partition coefficient (Wildman–Crippen LogP) is 1.52. The molecule has 1 fully saturated rings. The first-order valence-electron chi connectivity index (χ1n) is 6.13. The number of carboxylic acid groups (broad SMARTS) is 1. The van der Waals surface area contributed by atoms with Crippen LogP contribution >= 0.6 is 0 Å². The van der Waals surface area contributed by atoms with Gasteiger partial charge in [-0.15, -0.1) is 0 Å². The molecule has 1 aliphatic rings. The summed E-state index contributed by atoms with van der Waals surface area (Å²) >= 11 is 0. The van der Waals surface area contributed by atoms with E-state index in [9.17, 15) is 4.79 Å². The summed E-state index contributed by atoms with van der Waals surface area (Å²) in [6.07, 6.45) is -1.02. The maximum Gasteiger partial charge on any atom is 0.409 e. The van der Waals surface area contributed by atoms with Crippen molar-refractivity contribution in [1.29, 1.82) is 0 Å². The number of piperazine rings is 1. The van der Waals surface area contributed by atoms with Gasteiger partial charge in [0, 0.05) is 38.4 Å². The molecule has 0 bridgehead atoms. The highest BCUT2D eigenvalue weighted by Crippen LogP contribution is 2.13. The van der Waals surface area contributed by atoms with E-state index < -0.39 is 6.09 Å². The van der Waals surface area contributed by atoms with Crippen LogP contribution in [0, 0.1) is 0 Å². The largest absolute Gasteiger partial charge is 0.465 e. The Morgan fingerprint density at radius 2 is 2.06 bits per heavy atom. The van der Waals surface area contributed by atoms with E-state index in [0.717, 1.165) is 38.3 Å². The van der Waals surface area contributed by atoms with Crippen LogP contribution in [-0.4, -0.2) is 54.2 Å². The maximum absolute atomic E-state index is 10.6. The number of hydrogen-bond donors (Lipinski definition) is 2. The van der Waals surface area contributed by atoms with Gasteiger partial charge in [0.2, 0.25) is 0 Å². The Hall–Kier alpha value is -1.59. The third-order valence-electron chi connectivity index (χ3n) is 3.18. The van der Waals surface area contributed by atoms with Gasteiger partial charge < -0.3 is 10.0 Å². The normalized spacial score (nSPS) is 17.6. The minimum absolute atomic E-state index is 0.633. The Morgan fingerprint density at radius 3 is 2.72 bits per heavy atom. The second-order valence-electron chi connectivity index (χ2n) is 4.71. The molecule has 1 heterocycles. The molecule has 2 N–H and O–H groups in total. The standard InChI is InChI=1S/C13H19N3O2/c1-15-5-7-16(8-6-15)10-11-3-2-4-12(9-11)14-13(17)18/h2-4,9,14H,5-8,10H2,1H3,(H,17,18). The van der Waals surface area contributed by atoms with Crippen LogP contribution in [0.1, 0.15) is 5.56 Å². The van der Waals surface area contributed by atoms with Gasteiger partial charge in [0.15, 0.2) is 0 Å². The molecule has 0 aromatic heterocycles. The maximum atomic E-state index is 10.6. The second kappa shape index (κ2) is 5.84. The molecule has 5 heteroatoms. The monoisotopic (exact) mass is 249 g/mol. The lowest BCUT2D eigenvalue weighted by molar-refractivity contribution is 0.148. The lowest BCUT2D eigenvalue weighted by Gasteiger charge is -2.32. The fourth-order valence-electron chi connectivity index (χ4n) is 2.14. The Balaban J connectivity index is 1.94. The summed E-state index contributed by atoms with van der Waals surface area (Å²) < 4.78 is 0. The molecule has 1 aromatic carbocycles. The fraction of sp³-hybridized carbons (Fsp3) is 0.462. The highest BCUT2D eigenvalue weighted by atomic mass is 16.4. The summed E-state index contributed by atoms with van der Waals surface area (Å²) in [4.78, 5) is 15.3. The van der Waals surface area contributed by atoms with Crippen molar-refractivity contribution >= 4 is 11.8 Å². The van der Waals surface area contributed by atoms with E-state index in [4.69, 9.17) is 5.11 Å². The van der Waals surface area contributed by atoms with Gasteiger partial charge in [-0.05, 0) is 24.7 Å². The summed E-state index contributed by atoms with van der Waals surface area (Å²) in [6.45, 7) is 5.18. The molecule has 98 valence electrons. The first-order chi connectivity index (χ1) is 8.63. The van der Waals surface area contributed by atoms with Crippen LogP contribution in [0.15, 0.2) is 24.3 Å². The molecule has 0 radical (unpaired) electrons. The number of nitrogens with one attached hydrogen (secondary N) is 1. The highest BCUT2D eigenvalue weighted by molar-refractivity contribution is 5.82. The topological polar surface area (TPSA) is 55.8 Å². The van der Waals surface area contributed by atoms with Crippen molar-refractivity contribution in [2.24, 2.45) is 0 Å². The molecular formula is C13H19N3O2. The third kappa shape index (κ3) is 3.72. The first kappa shape index (κ1) is 12.9. The fourth-order valence-corrected chi connectivity index (χ4v) is 2.14. The lowest BCUT2D eigenvalue weighted by atomic mass is 10.1. The number of amides is 1. The summed E-state index contributed by atoms with van der Waals surface area (Å²) in [6, 6.07) is 7.58. The van der Waals surface area contributed by atoms with Gasteiger partial charge in [0.05, 0.1) is 0 Å². The van der Waals surface area contributed by atoms with Crippen LogP contribution in [0.25, 0.3) is 0 Å². The van der Waals surface area contributed by atoms with Crippen LogP contribution in [-0.2, 0) is 6.54 Å². The molecule has 2 rings (SSSR count). The third-order valence-corrected chi connectivity index (χ3v) is 3.18. The highest BCUT2D eigenvalue weighted by Gasteiger charge is 2.13. The second-order valence-corrected chi connectivity index (χ2v) is 4.71. The van der Waals surface area contributed by atoms with Crippen molar-refractivity contribution in [2.75, 3.05) is 38.5 Å². The molecule has 1 amide bonds. The van der Waals surface area contributed by atoms with Crippen molar-refractivity contribution < 1.29 is 9.90 Å². The molecule has 0 atom stereocenters. The van der Waals surface area contributed by atoms with Gasteiger partial charge in [-0.1, -0.05) is 12.1 Å². The molecule has 0 unspecified atom stereocenters. The van der Waals surface area contributed by atoms with E-state index in [-0.39, 0.29) is 0 Å². The molecular weight excluding hydrogens is 230 g/mol. The van der Waals surface area contributed by atoms with Crippen molar-refractivity contribution in [1.82, 2.24) is 9.80 Å². The van der Waals surface area contributed by atoms with Crippen LogP contribution in [0.2, 0.25) is 0 Å². The van der Waals surface area contributed by atoms with Crippen molar-refractivity contribution in [3.63, 3.8) is 0 Å². The van der Waals surface area contributed by atoms with Gasteiger partial charge in [0.25, 0.3) is 0 Å². The lowest BCUT2D eigenvalue weighted by Crippen LogP contribution is -2.43. The number of anilines is 1. The average Bonchev–Trinajstić information content (AvgIpc) is 2.32. The summed E-state index contributed by atoms with van der Waals surface area (Å²) in [5.41, 5.74) is 1.78. The number of nitrogens with zero attached hydrogens (tertiary/aromatic N) is 2. The Labute approximate surface area is 107 Å². The smallest absolute Gasteiger partial charge is 0.409 e. The Morgan fingerprint density at radius 1 is 1.33 bits per heavy atom. The molecule has 1 aliphatic heterocycles. The zero-order valence-corrected chi connectivity index (χ0v) is 10.6. The minimum Gasteiger partial charge on any atom is -0.465 e. The van der Waals surface area contributed by atoms with Gasteiger partial charge in [-0.25, -0.2) is 4.79 Å². The minimum atomic E-state index is -1.02. The molecule has 0 spiro atoms. The summed E-state index contributed by atoms with van der Waals surface area (Å²) in [7, 11) is 2.13. The van der Waals surface area contributed by atoms with E-state index in [0.29, 0.717) is 5.69 Å². The zero-order valence-electron chi connectivity index (χ0n) is 10.6. The van der Waals surface area contributed by atoms with Gasteiger partial charge in [0.1, 0.15) is 0 Å². The average molecular weight is 249 g/mol. The van der Waals surface area contributed by atoms with Crippen LogP contribution < -0.4 is 5.32 Å².